The molecule has 49 heavy (non-hydrogen) atoms. The van der Waals surface area contributed by atoms with E-state index in [-0.39, 0.29) is 23.6 Å². The molecule has 0 radical (unpaired) electrons. The predicted molar refractivity (Wildman–Crippen MR) is 186 cm³/mol. The maximum absolute atomic E-state index is 13.0. The van der Waals surface area contributed by atoms with Crippen LogP contribution in [0.4, 0.5) is 10.5 Å². The second kappa shape index (κ2) is 20.3. The van der Waals surface area contributed by atoms with Crippen molar-refractivity contribution in [1.29, 1.82) is 0 Å². The highest BCUT2D eigenvalue weighted by atomic mass is 32.2. The molecule has 2 aliphatic rings. The highest BCUT2D eigenvalue weighted by molar-refractivity contribution is 7.85. The van der Waals surface area contributed by atoms with Gasteiger partial charge in [0, 0.05) is 14.1 Å². The standard InChI is InChI=1S/C21H20N4O9S.2C6H15N/c1-4-34-20(29)16-14(6-5-7-15-17(26)23(2)21(30)24(3)18(15)27)19(28)25(22-16)12-8-10-13(11-9-12)35(31,32)33;2*1-4-7(5-2)6-3/h5-11,15H,4H2,1-3H3,(H,31,32,33);2*4-6H2,1-3H3/b7-5+,14-6-;;. The zero-order chi connectivity index (χ0) is 37.5. The maximum atomic E-state index is 13.0. The number of barbiturate groups is 1. The number of benzene rings is 1. The number of carbonyl (C=O) groups excluding carboxylic acids is 5. The van der Waals surface area contributed by atoms with Crippen LogP contribution < -0.4 is 5.01 Å². The molecule has 1 fully saturated rings. The first kappa shape index (κ1) is 42.8. The number of hydrogen-bond donors (Lipinski definition) is 1. The van der Waals surface area contributed by atoms with Crippen LogP contribution in [-0.4, -0.2) is 128 Å². The van der Waals surface area contributed by atoms with Gasteiger partial charge < -0.3 is 14.5 Å². The Morgan fingerprint density at radius 2 is 1.29 bits per heavy atom. The van der Waals surface area contributed by atoms with Crippen LogP contribution in [0, 0.1) is 5.92 Å². The number of nitrogens with zero attached hydrogens (tertiary/aromatic N) is 6. The predicted octanol–water partition coefficient (Wildman–Crippen LogP) is 3.04. The highest BCUT2D eigenvalue weighted by Gasteiger charge is 2.41. The molecular formula is C33H50N6O9S. The molecule has 1 aromatic rings. The van der Waals surface area contributed by atoms with Gasteiger partial charge in [-0.1, -0.05) is 53.7 Å². The molecule has 15 nitrogen and oxygen atoms in total. The second-order valence-electron chi connectivity index (χ2n) is 10.5. The smallest absolute Gasteiger partial charge is 0.359 e. The average Bonchev–Trinajstić information content (AvgIpc) is 3.42. The topological polar surface area (TPSA) is 178 Å². The van der Waals surface area contributed by atoms with E-state index >= 15 is 0 Å². The van der Waals surface area contributed by atoms with Gasteiger partial charge >= 0.3 is 12.0 Å². The number of allylic oxidation sites excluding steroid dienone is 2. The lowest BCUT2D eigenvalue weighted by atomic mass is 10.0. The summed E-state index contributed by atoms with van der Waals surface area (Å²) in [6.07, 6.45) is 3.56. The summed E-state index contributed by atoms with van der Waals surface area (Å²) in [7, 11) is -2.01. The van der Waals surface area contributed by atoms with Crippen molar-refractivity contribution in [3.05, 3.63) is 48.1 Å². The summed E-state index contributed by atoms with van der Waals surface area (Å²) < 4.78 is 36.5. The molecule has 1 aromatic carbocycles. The number of hydrazone groups is 1. The zero-order valence-electron chi connectivity index (χ0n) is 29.9. The lowest BCUT2D eigenvalue weighted by Gasteiger charge is -2.31. The molecule has 0 atom stereocenters. The van der Waals surface area contributed by atoms with E-state index in [1.54, 1.807) is 6.92 Å². The third-order valence-corrected chi connectivity index (χ3v) is 8.61. The van der Waals surface area contributed by atoms with Gasteiger partial charge in [0.25, 0.3) is 16.0 Å². The molecular weight excluding hydrogens is 656 g/mol. The van der Waals surface area contributed by atoms with Crippen molar-refractivity contribution in [2.45, 2.75) is 53.4 Å². The van der Waals surface area contributed by atoms with Crippen LogP contribution in [0.5, 0.6) is 0 Å². The summed E-state index contributed by atoms with van der Waals surface area (Å²) in [4.78, 5) is 67.8. The third-order valence-electron chi connectivity index (χ3n) is 7.74. The average molecular weight is 707 g/mol. The molecule has 0 saturated carbocycles. The van der Waals surface area contributed by atoms with Crippen molar-refractivity contribution in [2.24, 2.45) is 11.0 Å². The highest BCUT2D eigenvalue weighted by Crippen LogP contribution is 2.26. The first-order valence-corrected chi connectivity index (χ1v) is 17.6. The van der Waals surface area contributed by atoms with Crippen molar-refractivity contribution < 1.29 is 41.7 Å². The Balaban J connectivity index is 0.000000717. The Bertz CT molecular complexity index is 1470. The molecule has 1 saturated heterocycles. The van der Waals surface area contributed by atoms with E-state index in [0.717, 1.165) is 26.9 Å². The summed E-state index contributed by atoms with van der Waals surface area (Å²) in [5, 5.41) is 4.81. The number of urea groups is 1. The van der Waals surface area contributed by atoms with Gasteiger partial charge in [0.15, 0.2) is 5.71 Å². The number of hydrogen-bond acceptors (Lipinski definition) is 11. The van der Waals surface area contributed by atoms with Crippen LogP contribution in [0.25, 0.3) is 0 Å². The van der Waals surface area contributed by atoms with E-state index in [2.05, 4.69) is 56.4 Å². The maximum Gasteiger partial charge on any atom is 0.359 e. The quantitative estimate of drug-likeness (QED) is 0.146. The third kappa shape index (κ3) is 11.7. The van der Waals surface area contributed by atoms with Gasteiger partial charge in [-0.15, -0.1) is 0 Å². The number of ether oxygens (including phenoxy) is 1. The minimum Gasteiger partial charge on any atom is -0.461 e. The minimum absolute atomic E-state index is 0.00397. The summed E-state index contributed by atoms with van der Waals surface area (Å²) in [6.45, 7) is 21.8. The van der Waals surface area contributed by atoms with Crippen molar-refractivity contribution in [3.63, 3.8) is 0 Å². The fourth-order valence-corrected chi connectivity index (χ4v) is 5.04. The van der Waals surface area contributed by atoms with Gasteiger partial charge in [-0.3, -0.25) is 28.7 Å². The summed E-state index contributed by atoms with van der Waals surface area (Å²) in [5.41, 5.74) is -0.478. The molecule has 1 N–H and O–H groups in total. The van der Waals surface area contributed by atoms with E-state index in [1.807, 2.05) is 0 Å². The van der Waals surface area contributed by atoms with Gasteiger partial charge in [-0.25, -0.2) is 9.59 Å². The molecule has 0 bridgehead atoms. The van der Waals surface area contributed by atoms with E-state index in [0.29, 0.717) is 0 Å². The van der Waals surface area contributed by atoms with Gasteiger partial charge in [-0.05, 0) is 76.5 Å². The Labute approximate surface area is 289 Å². The van der Waals surface area contributed by atoms with Crippen molar-refractivity contribution in [3.8, 4) is 0 Å². The van der Waals surface area contributed by atoms with Gasteiger partial charge in [0.05, 0.1) is 22.8 Å². The van der Waals surface area contributed by atoms with E-state index in [1.165, 1.54) is 83.7 Å². The largest absolute Gasteiger partial charge is 0.461 e. The SMILES string of the molecule is CCN(CC)CC.CCN(CC)CC.CCOC(=O)C1=NN(c2ccc(S(=O)(=O)O)cc2)C(=O)/C1=C\C=C\C1C(=O)N(C)C(=O)N(C)C1=O. The lowest BCUT2D eigenvalue weighted by molar-refractivity contribution is -0.145. The van der Waals surface area contributed by atoms with Crippen LogP contribution in [0.3, 0.4) is 0 Å². The van der Waals surface area contributed by atoms with Crippen LogP contribution in [0.15, 0.2) is 58.1 Å². The molecule has 2 heterocycles. The Hall–Kier alpha value is -4.25. The number of carbonyl (C=O) groups is 5. The summed E-state index contributed by atoms with van der Waals surface area (Å²) in [6, 6.07) is 3.73. The van der Waals surface area contributed by atoms with Crippen LogP contribution in [-0.2, 0) is 34.0 Å². The fourth-order valence-electron chi connectivity index (χ4n) is 4.56. The van der Waals surface area contributed by atoms with Gasteiger partial charge in [-0.2, -0.15) is 18.5 Å². The van der Waals surface area contributed by atoms with Crippen LogP contribution >= 0.6 is 0 Å². The Morgan fingerprint density at radius 3 is 1.65 bits per heavy atom. The molecule has 0 aromatic heterocycles. The van der Waals surface area contributed by atoms with Crippen LogP contribution in [0.1, 0.15) is 48.5 Å². The molecule has 2 aliphatic heterocycles. The molecule has 16 heteroatoms. The zero-order valence-corrected chi connectivity index (χ0v) is 30.7. The normalized spacial score (nSPS) is 16.4. The molecule has 3 rings (SSSR count). The number of imide groups is 2. The number of esters is 1. The van der Waals surface area contributed by atoms with Crippen molar-refractivity contribution >= 4 is 51.2 Å². The Morgan fingerprint density at radius 1 is 0.837 bits per heavy atom. The number of amides is 5. The van der Waals surface area contributed by atoms with Gasteiger partial charge in [0.2, 0.25) is 11.8 Å². The fraction of sp³-hybridized carbons (Fsp3) is 0.515. The molecule has 0 spiro atoms. The monoisotopic (exact) mass is 706 g/mol. The van der Waals surface area contributed by atoms with Crippen molar-refractivity contribution in [1.82, 2.24) is 19.6 Å². The first-order valence-electron chi connectivity index (χ1n) is 16.2. The first-order chi connectivity index (χ1) is 23.1. The Kier molecular flexibility index (Phi) is 17.7. The number of rotatable bonds is 12. The molecule has 0 aliphatic carbocycles. The van der Waals surface area contributed by atoms with Gasteiger partial charge in [0.1, 0.15) is 5.92 Å². The molecule has 0 unspecified atom stereocenters. The van der Waals surface area contributed by atoms with E-state index in [4.69, 9.17) is 9.29 Å². The summed E-state index contributed by atoms with van der Waals surface area (Å²) in [5.74, 6) is -4.52. The number of anilines is 1. The molecule has 272 valence electrons. The van der Waals surface area contributed by atoms with E-state index < -0.39 is 50.7 Å². The molecule has 5 amide bonds. The second-order valence-corrected chi connectivity index (χ2v) is 11.9. The lowest BCUT2D eigenvalue weighted by Crippen LogP contribution is -2.56. The van der Waals surface area contributed by atoms with Crippen molar-refractivity contribution in [2.75, 3.05) is 65.0 Å². The summed E-state index contributed by atoms with van der Waals surface area (Å²) >= 11 is 0. The van der Waals surface area contributed by atoms with E-state index in [9.17, 15) is 32.4 Å². The minimum atomic E-state index is -4.46. The van der Waals surface area contributed by atoms with Crippen LogP contribution in [0.2, 0.25) is 0 Å².